The van der Waals surface area contributed by atoms with Crippen LogP contribution in [0, 0.1) is 6.92 Å². The zero-order valence-corrected chi connectivity index (χ0v) is 12.3. The predicted molar refractivity (Wildman–Crippen MR) is 80.1 cm³/mol. The highest BCUT2D eigenvalue weighted by molar-refractivity contribution is 5.75. The lowest BCUT2D eigenvalue weighted by atomic mass is 10.0. The molecule has 114 valence electrons. The number of likely N-dealkylation sites (tertiary alicyclic amines) is 1. The molecule has 0 spiro atoms. The van der Waals surface area contributed by atoms with Crippen LogP contribution in [-0.2, 0) is 4.79 Å². The molecule has 1 unspecified atom stereocenters. The van der Waals surface area contributed by atoms with Crippen LogP contribution in [0.1, 0.15) is 42.9 Å². The second-order valence-corrected chi connectivity index (χ2v) is 5.49. The van der Waals surface area contributed by atoms with Gasteiger partial charge in [0.05, 0.1) is 6.04 Å². The minimum absolute atomic E-state index is 0.0850. The van der Waals surface area contributed by atoms with Crippen LogP contribution in [0.5, 0.6) is 0 Å². The smallest absolute Gasteiger partial charge is 0.317 e. The molecular formula is C16H22N2O3. The number of amides is 2. The molecule has 1 aromatic rings. The van der Waals surface area contributed by atoms with Gasteiger partial charge in [-0.05, 0) is 31.7 Å². The minimum atomic E-state index is -0.831. The summed E-state index contributed by atoms with van der Waals surface area (Å²) in [6, 6.07) is 8.33. The van der Waals surface area contributed by atoms with Gasteiger partial charge >= 0.3 is 12.0 Å². The van der Waals surface area contributed by atoms with Crippen molar-refractivity contribution in [2.75, 3.05) is 13.1 Å². The second kappa shape index (κ2) is 7.11. The Kier molecular flexibility index (Phi) is 5.20. The van der Waals surface area contributed by atoms with Crippen molar-refractivity contribution < 1.29 is 14.7 Å². The molecule has 1 heterocycles. The number of nitrogens with zero attached hydrogens (tertiary/aromatic N) is 1. The first-order chi connectivity index (χ1) is 10.1. The molecule has 1 atom stereocenters. The third kappa shape index (κ3) is 4.21. The summed E-state index contributed by atoms with van der Waals surface area (Å²) < 4.78 is 0. The summed E-state index contributed by atoms with van der Waals surface area (Å²) in [4.78, 5) is 24.5. The first-order valence-electron chi connectivity index (χ1n) is 7.41. The summed E-state index contributed by atoms with van der Waals surface area (Å²) in [6.07, 6.45) is 2.53. The van der Waals surface area contributed by atoms with Gasteiger partial charge in [0.1, 0.15) is 0 Å². The molecule has 2 N–H and O–H groups in total. The number of urea groups is 1. The Morgan fingerprint density at radius 3 is 2.71 bits per heavy atom. The highest BCUT2D eigenvalue weighted by Crippen LogP contribution is 2.31. The maximum absolute atomic E-state index is 12.2. The summed E-state index contributed by atoms with van der Waals surface area (Å²) in [5.41, 5.74) is 2.38. The normalized spacial score (nSPS) is 17.8. The van der Waals surface area contributed by atoms with Crippen molar-refractivity contribution in [3.63, 3.8) is 0 Å². The molecule has 0 aliphatic carbocycles. The molecule has 1 saturated heterocycles. The standard InChI is InChI=1S/C16H22N2O3/c1-12-6-8-13(9-7-12)14-4-3-11-18(14)16(21)17-10-2-5-15(19)20/h6-9,14H,2-5,10-11H2,1H3,(H,17,21)(H,19,20). The van der Waals surface area contributed by atoms with Gasteiger partial charge in [-0.15, -0.1) is 0 Å². The first kappa shape index (κ1) is 15.4. The quantitative estimate of drug-likeness (QED) is 0.819. The summed E-state index contributed by atoms with van der Waals surface area (Å²) >= 11 is 0. The highest BCUT2D eigenvalue weighted by Gasteiger charge is 2.29. The van der Waals surface area contributed by atoms with Gasteiger partial charge in [0.15, 0.2) is 0 Å². The van der Waals surface area contributed by atoms with Crippen molar-refractivity contribution in [1.82, 2.24) is 10.2 Å². The summed E-state index contributed by atoms with van der Waals surface area (Å²) in [6.45, 7) is 3.21. The topological polar surface area (TPSA) is 69.6 Å². The van der Waals surface area contributed by atoms with Crippen molar-refractivity contribution in [3.8, 4) is 0 Å². The number of aliphatic carboxylic acids is 1. The number of carboxylic acid groups (broad SMARTS) is 1. The van der Waals surface area contributed by atoms with Crippen LogP contribution < -0.4 is 5.32 Å². The van der Waals surface area contributed by atoms with Gasteiger partial charge in [-0.1, -0.05) is 29.8 Å². The molecule has 0 radical (unpaired) electrons. The molecule has 0 aromatic heterocycles. The van der Waals surface area contributed by atoms with E-state index in [4.69, 9.17) is 5.11 Å². The number of nitrogens with one attached hydrogen (secondary N) is 1. The average molecular weight is 290 g/mol. The van der Waals surface area contributed by atoms with E-state index in [1.807, 2.05) is 11.8 Å². The maximum atomic E-state index is 12.2. The van der Waals surface area contributed by atoms with Crippen LogP contribution >= 0.6 is 0 Å². The summed E-state index contributed by atoms with van der Waals surface area (Å²) in [5, 5.41) is 11.4. The number of carboxylic acids is 1. The van der Waals surface area contributed by atoms with E-state index in [0.717, 1.165) is 19.4 Å². The number of carbonyl (C=O) groups is 2. The number of aryl methyl sites for hydroxylation is 1. The van der Waals surface area contributed by atoms with E-state index in [9.17, 15) is 9.59 Å². The lowest BCUT2D eigenvalue weighted by Crippen LogP contribution is -2.39. The fourth-order valence-electron chi connectivity index (χ4n) is 2.68. The monoisotopic (exact) mass is 290 g/mol. The van der Waals surface area contributed by atoms with Crippen molar-refractivity contribution in [2.45, 2.75) is 38.6 Å². The van der Waals surface area contributed by atoms with Crippen molar-refractivity contribution >= 4 is 12.0 Å². The second-order valence-electron chi connectivity index (χ2n) is 5.49. The van der Waals surface area contributed by atoms with E-state index in [1.165, 1.54) is 11.1 Å². The van der Waals surface area contributed by atoms with Gasteiger partial charge in [-0.2, -0.15) is 0 Å². The van der Waals surface area contributed by atoms with E-state index in [2.05, 4.69) is 29.6 Å². The molecule has 0 bridgehead atoms. The number of hydrogen-bond acceptors (Lipinski definition) is 2. The molecule has 1 fully saturated rings. The summed E-state index contributed by atoms with van der Waals surface area (Å²) in [5.74, 6) is -0.831. The van der Waals surface area contributed by atoms with Gasteiger partial charge in [-0.25, -0.2) is 4.79 Å². The molecule has 1 aliphatic rings. The molecule has 1 aromatic carbocycles. The molecule has 2 rings (SSSR count). The molecule has 5 nitrogen and oxygen atoms in total. The third-order valence-electron chi connectivity index (χ3n) is 3.82. The zero-order valence-electron chi connectivity index (χ0n) is 12.3. The van der Waals surface area contributed by atoms with Crippen molar-refractivity contribution in [3.05, 3.63) is 35.4 Å². The maximum Gasteiger partial charge on any atom is 0.317 e. The third-order valence-corrected chi connectivity index (χ3v) is 3.82. The van der Waals surface area contributed by atoms with E-state index in [-0.39, 0.29) is 18.5 Å². The molecule has 5 heteroatoms. The van der Waals surface area contributed by atoms with Crippen LogP contribution in [0.2, 0.25) is 0 Å². The van der Waals surface area contributed by atoms with E-state index in [1.54, 1.807) is 0 Å². The predicted octanol–water partition coefficient (Wildman–Crippen LogP) is 2.71. The lowest BCUT2D eigenvalue weighted by molar-refractivity contribution is -0.137. The van der Waals surface area contributed by atoms with Gasteiger partial charge in [-0.3, -0.25) is 4.79 Å². The van der Waals surface area contributed by atoms with Crippen molar-refractivity contribution in [2.24, 2.45) is 0 Å². The largest absolute Gasteiger partial charge is 0.481 e. The van der Waals surface area contributed by atoms with Gasteiger partial charge in [0.2, 0.25) is 0 Å². The Morgan fingerprint density at radius 1 is 1.33 bits per heavy atom. The van der Waals surface area contributed by atoms with Gasteiger partial charge < -0.3 is 15.3 Å². The Hall–Kier alpha value is -2.04. The number of hydrogen-bond donors (Lipinski definition) is 2. The number of rotatable bonds is 5. The number of benzene rings is 1. The molecule has 2 amide bonds. The van der Waals surface area contributed by atoms with E-state index >= 15 is 0 Å². The molecular weight excluding hydrogens is 268 g/mol. The zero-order chi connectivity index (χ0) is 15.2. The fourth-order valence-corrected chi connectivity index (χ4v) is 2.68. The Bertz CT molecular complexity index is 499. The minimum Gasteiger partial charge on any atom is -0.481 e. The Morgan fingerprint density at radius 2 is 2.05 bits per heavy atom. The molecule has 0 saturated carbocycles. The van der Waals surface area contributed by atoms with Crippen molar-refractivity contribution in [1.29, 1.82) is 0 Å². The molecule has 21 heavy (non-hydrogen) atoms. The molecule has 1 aliphatic heterocycles. The van der Waals surface area contributed by atoms with E-state index < -0.39 is 5.97 Å². The highest BCUT2D eigenvalue weighted by atomic mass is 16.4. The van der Waals surface area contributed by atoms with Gasteiger partial charge in [0, 0.05) is 19.5 Å². The first-order valence-corrected chi connectivity index (χ1v) is 7.41. The van der Waals surface area contributed by atoms with Crippen LogP contribution in [-0.4, -0.2) is 35.1 Å². The van der Waals surface area contributed by atoms with Gasteiger partial charge in [0.25, 0.3) is 0 Å². The Balaban J connectivity index is 1.90. The number of carbonyl (C=O) groups excluding carboxylic acids is 1. The Labute approximate surface area is 125 Å². The SMILES string of the molecule is Cc1ccc(C2CCCN2C(=O)NCCCC(=O)O)cc1. The summed E-state index contributed by atoms with van der Waals surface area (Å²) in [7, 11) is 0. The van der Waals surface area contributed by atoms with Crippen LogP contribution in [0.25, 0.3) is 0 Å². The fraction of sp³-hybridized carbons (Fsp3) is 0.500. The van der Waals surface area contributed by atoms with Crippen LogP contribution in [0.15, 0.2) is 24.3 Å². The van der Waals surface area contributed by atoms with Crippen LogP contribution in [0.4, 0.5) is 4.79 Å². The average Bonchev–Trinajstić information content (AvgIpc) is 2.93. The lowest BCUT2D eigenvalue weighted by Gasteiger charge is -2.25. The van der Waals surface area contributed by atoms with E-state index in [0.29, 0.717) is 13.0 Å². The van der Waals surface area contributed by atoms with Crippen LogP contribution in [0.3, 0.4) is 0 Å².